The molecule has 0 spiro atoms. The van der Waals surface area contributed by atoms with Gasteiger partial charge >= 0.3 is 0 Å². The Bertz CT molecular complexity index is 377. The summed E-state index contributed by atoms with van der Waals surface area (Å²) in [6.07, 6.45) is 1.23. The van der Waals surface area contributed by atoms with E-state index in [4.69, 9.17) is 5.73 Å². The number of nitrogens with zero attached hydrogens (tertiary/aromatic N) is 2. The molecule has 1 aromatic rings. The topological polar surface area (TPSA) is 32.5 Å². The fourth-order valence-corrected chi connectivity index (χ4v) is 3.67. The van der Waals surface area contributed by atoms with Gasteiger partial charge in [-0.1, -0.05) is 37.3 Å². The predicted molar refractivity (Wildman–Crippen MR) is 93.8 cm³/mol. The minimum atomic E-state index is 0.572. The first-order valence-electron chi connectivity index (χ1n) is 8.11. The van der Waals surface area contributed by atoms with Crippen LogP contribution in [0.25, 0.3) is 0 Å². The van der Waals surface area contributed by atoms with Gasteiger partial charge in [0.05, 0.1) is 0 Å². The molecule has 2 N–H and O–H groups in total. The van der Waals surface area contributed by atoms with Gasteiger partial charge in [-0.15, -0.1) is 0 Å². The van der Waals surface area contributed by atoms with Crippen LogP contribution in [0.5, 0.6) is 0 Å². The first kappa shape index (κ1) is 16.8. The number of benzene rings is 1. The van der Waals surface area contributed by atoms with E-state index in [0.29, 0.717) is 6.04 Å². The first-order valence-corrected chi connectivity index (χ1v) is 9.27. The van der Waals surface area contributed by atoms with Gasteiger partial charge in [0, 0.05) is 45.3 Å². The lowest BCUT2D eigenvalue weighted by molar-refractivity contribution is 0.0931. The van der Waals surface area contributed by atoms with Crippen LogP contribution < -0.4 is 5.73 Å². The first-order chi connectivity index (χ1) is 10.3. The quantitative estimate of drug-likeness (QED) is 0.747. The highest BCUT2D eigenvalue weighted by Crippen LogP contribution is 2.14. The molecule has 3 nitrogen and oxygen atoms in total. The summed E-state index contributed by atoms with van der Waals surface area (Å²) in [4.78, 5) is 5.15. The van der Waals surface area contributed by atoms with Gasteiger partial charge in [-0.3, -0.25) is 9.80 Å². The summed E-state index contributed by atoms with van der Waals surface area (Å²) in [6.45, 7) is 8.73. The molecule has 1 fully saturated rings. The van der Waals surface area contributed by atoms with Crippen molar-refractivity contribution in [2.24, 2.45) is 5.73 Å². The van der Waals surface area contributed by atoms with E-state index in [1.54, 1.807) is 0 Å². The fraction of sp³-hybridized carbons (Fsp3) is 0.647. The molecule has 1 aliphatic rings. The summed E-state index contributed by atoms with van der Waals surface area (Å²) in [5.41, 5.74) is 7.40. The van der Waals surface area contributed by atoms with E-state index in [1.807, 2.05) is 11.8 Å². The second-order valence-electron chi connectivity index (χ2n) is 5.67. The molecular formula is C17H29N3S. The average molecular weight is 308 g/mol. The van der Waals surface area contributed by atoms with E-state index >= 15 is 0 Å². The van der Waals surface area contributed by atoms with Crippen molar-refractivity contribution in [3.63, 3.8) is 0 Å². The van der Waals surface area contributed by atoms with Crippen LogP contribution in [0.3, 0.4) is 0 Å². The standard InChI is InChI=1S/C17H29N3S/c1-2-21-13-8-17(14-18)20-11-9-19(10-12-20)15-16-6-4-3-5-7-16/h3-7,17H,2,8-15,18H2,1H3. The van der Waals surface area contributed by atoms with E-state index in [-0.39, 0.29) is 0 Å². The Hall–Kier alpha value is -0.550. The molecule has 1 atom stereocenters. The Morgan fingerprint density at radius 1 is 1.14 bits per heavy atom. The molecule has 0 aliphatic carbocycles. The van der Waals surface area contributed by atoms with Crippen LogP contribution >= 0.6 is 11.8 Å². The third-order valence-corrected chi connectivity index (χ3v) is 5.18. The van der Waals surface area contributed by atoms with Crippen LogP contribution in [-0.2, 0) is 6.54 Å². The molecule has 118 valence electrons. The Morgan fingerprint density at radius 2 is 1.86 bits per heavy atom. The maximum absolute atomic E-state index is 5.98. The highest BCUT2D eigenvalue weighted by Gasteiger charge is 2.22. The van der Waals surface area contributed by atoms with Crippen LogP contribution in [0.2, 0.25) is 0 Å². The Kier molecular flexibility index (Phi) is 7.58. The zero-order valence-corrected chi connectivity index (χ0v) is 14.0. The number of nitrogens with two attached hydrogens (primary N) is 1. The second-order valence-corrected chi connectivity index (χ2v) is 7.07. The molecule has 1 aliphatic heterocycles. The maximum atomic E-state index is 5.98. The van der Waals surface area contributed by atoms with Gasteiger partial charge < -0.3 is 5.73 Å². The smallest absolute Gasteiger partial charge is 0.0234 e. The van der Waals surface area contributed by atoms with E-state index < -0.39 is 0 Å². The molecule has 0 radical (unpaired) electrons. The van der Waals surface area contributed by atoms with Crippen LogP contribution in [0.15, 0.2) is 30.3 Å². The minimum absolute atomic E-state index is 0.572. The van der Waals surface area contributed by atoms with Gasteiger partial charge in [-0.25, -0.2) is 0 Å². The van der Waals surface area contributed by atoms with Crippen LogP contribution in [0.1, 0.15) is 18.9 Å². The Balaban J connectivity index is 1.74. The summed E-state index contributed by atoms with van der Waals surface area (Å²) in [7, 11) is 0. The van der Waals surface area contributed by atoms with E-state index in [1.165, 1.54) is 23.5 Å². The van der Waals surface area contributed by atoms with Gasteiger partial charge in [-0.2, -0.15) is 11.8 Å². The third-order valence-electron chi connectivity index (χ3n) is 4.24. The number of hydrogen-bond acceptors (Lipinski definition) is 4. The molecule has 0 amide bonds. The summed E-state index contributed by atoms with van der Waals surface area (Å²) >= 11 is 2.03. The van der Waals surface area contributed by atoms with Gasteiger partial charge in [0.2, 0.25) is 0 Å². The highest BCUT2D eigenvalue weighted by molar-refractivity contribution is 7.99. The van der Waals surface area contributed by atoms with E-state index in [9.17, 15) is 0 Å². The van der Waals surface area contributed by atoms with Gasteiger partial charge in [0.1, 0.15) is 0 Å². The van der Waals surface area contributed by atoms with E-state index in [0.717, 1.165) is 39.3 Å². The number of thioether (sulfide) groups is 1. The predicted octanol–water partition coefficient (Wildman–Crippen LogP) is 2.27. The molecule has 0 aromatic heterocycles. The molecule has 4 heteroatoms. The van der Waals surface area contributed by atoms with Crippen LogP contribution in [0, 0.1) is 0 Å². The molecule has 2 rings (SSSR count). The average Bonchev–Trinajstić information content (AvgIpc) is 2.54. The van der Waals surface area contributed by atoms with Crippen molar-refractivity contribution in [3.8, 4) is 0 Å². The molecular weight excluding hydrogens is 278 g/mol. The molecule has 1 saturated heterocycles. The van der Waals surface area contributed by atoms with E-state index in [2.05, 4.69) is 47.1 Å². The molecule has 1 unspecified atom stereocenters. The summed E-state index contributed by atoms with van der Waals surface area (Å²) in [6, 6.07) is 11.3. The number of rotatable bonds is 8. The van der Waals surface area contributed by atoms with Crippen molar-refractivity contribution < 1.29 is 0 Å². The van der Waals surface area contributed by atoms with Gasteiger partial charge in [0.25, 0.3) is 0 Å². The van der Waals surface area contributed by atoms with Crippen molar-refractivity contribution in [2.45, 2.75) is 25.9 Å². The summed E-state index contributed by atoms with van der Waals surface area (Å²) < 4.78 is 0. The lowest BCUT2D eigenvalue weighted by atomic mass is 10.1. The Labute approximate surface area is 133 Å². The van der Waals surface area contributed by atoms with Crippen molar-refractivity contribution in [1.29, 1.82) is 0 Å². The normalized spacial score (nSPS) is 18.8. The summed E-state index contributed by atoms with van der Waals surface area (Å²) in [5.74, 6) is 2.45. The Morgan fingerprint density at radius 3 is 2.48 bits per heavy atom. The molecule has 1 heterocycles. The molecule has 1 aromatic carbocycles. The third kappa shape index (κ3) is 5.62. The van der Waals surface area contributed by atoms with Crippen molar-refractivity contribution >= 4 is 11.8 Å². The van der Waals surface area contributed by atoms with Gasteiger partial charge in [-0.05, 0) is 23.5 Å². The van der Waals surface area contributed by atoms with Crippen molar-refractivity contribution in [1.82, 2.24) is 9.80 Å². The zero-order chi connectivity index (χ0) is 14.9. The maximum Gasteiger partial charge on any atom is 0.0234 e. The highest BCUT2D eigenvalue weighted by atomic mass is 32.2. The summed E-state index contributed by atoms with van der Waals surface area (Å²) in [5, 5.41) is 0. The zero-order valence-electron chi connectivity index (χ0n) is 13.2. The SMILES string of the molecule is CCSCCC(CN)N1CCN(Cc2ccccc2)CC1. The van der Waals surface area contributed by atoms with Crippen molar-refractivity contribution in [3.05, 3.63) is 35.9 Å². The fourth-order valence-electron chi connectivity index (χ4n) is 2.94. The van der Waals surface area contributed by atoms with Gasteiger partial charge in [0.15, 0.2) is 0 Å². The minimum Gasteiger partial charge on any atom is -0.329 e. The number of hydrogen-bond donors (Lipinski definition) is 1. The number of piperazine rings is 1. The van der Waals surface area contributed by atoms with Crippen molar-refractivity contribution in [2.75, 3.05) is 44.2 Å². The van der Waals surface area contributed by atoms with Crippen LogP contribution in [0.4, 0.5) is 0 Å². The van der Waals surface area contributed by atoms with Crippen LogP contribution in [-0.4, -0.2) is 60.1 Å². The molecule has 21 heavy (non-hydrogen) atoms. The lowest BCUT2D eigenvalue weighted by Gasteiger charge is -2.39. The molecule has 0 saturated carbocycles. The second kappa shape index (κ2) is 9.46. The lowest BCUT2D eigenvalue weighted by Crippen LogP contribution is -2.52. The molecule has 0 bridgehead atoms. The largest absolute Gasteiger partial charge is 0.329 e. The monoisotopic (exact) mass is 307 g/mol.